The minimum Gasteiger partial charge on any atom is -0.0616 e. The molecule has 0 saturated heterocycles. The maximum Gasteiger partial charge on any atom is -0.00199 e. The van der Waals surface area contributed by atoms with E-state index in [2.05, 4.69) is 182 Å². The van der Waals surface area contributed by atoms with Gasteiger partial charge in [0.1, 0.15) is 0 Å². The Morgan fingerprint density at radius 1 is 0.180 bits per heavy atom. The van der Waals surface area contributed by atoms with E-state index in [9.17, 15) is 0 Å². The first-order chi connectivity index (χ1) is 24.8. The van der Waals surface area contributed by atoms with E-state index in [4.69, 9.17) is 0 Å². The number of hydrogen-bond donors (Lipinski definition) is 0. The summed E-state index contributed by atoms with van der Waals surface area (Å²) in [6.45, 7) is 0. The third kappa shape index (κ3) is 3.82. The first-order valence-corrected chi connectivity index (χ1v) is 17.4. The predicted octanol–water partition coefficient (Wildman–Crippen LogP) is 14.2. The summed E-state index contributed by atoms with van der Waals surface area (Å²) in [6, 6.07) is 67.7. The van der Waals surface area contributed by atoms with Gasteiger partial charge in [0.15, 0.2) is 0 Å². The van der Waals surface area contributed by atoms with Gasteiger partial charge in [0.25, 0.3) is 0 Å². The highest BCUT2D eigenvalue weighted by atomic mass is 14.2. The molecule has 0 unspecified atom stereocenters. The van der Waals surface area contributed by atoms with Gasteiger partial charge in [-0.3, -0.25) is 0 Å². The van der Waals surface area contributed by atoms with Gasteiger partial charge in [-0.15, -0.1) is 0 Å². The standard InChI is InChI=1S/C50H30/c1-3-15-33-31(13-1)25-27-39-35-17-5-7-19-37(35)47(29-45(33)39)49-41-21-9-11-23-43(41)50(44-24-12-10-22-42(44)49)48-30-46-34-16-4-2-14-32(34)26-28-40(46)36-18-6-8-20-38(36)48/h1-30H. The van der Waals surface area contributed by atoms with Gasteiger partial charge in [0.2, 0.25) is 0 Å². The van der Waals surface area contributed by atoms with E-state index in [-0.39, 0.29) is 0 Å². The van der Waals surface area contributed by atoms with Crippen molar-refractivity contribution in [1.29, 1.82) is 0 Å². The molecule has 0 heterocycles. The van der Waals surface area contributed by atoms with E-state index in [0.717, 1.165) is 0 Å². The Morgan fingerprint density at radius 2 is 0.460 bits per heavy atom. The lowest BCUT2D eigenvalue weighted by Gasteiger charge is -2.21. The van der Waals surface area contributed by atoms with Crippen molar-refractivity contribution in [2.75, 3.05) is 0 Å². The number of hydrogen-bond acceptors (Lipinski definition) is 0. The molecule has 0 atom stereocenters. The number of rotatable bonds is 2. The summed E-state index contributed by atoms with van der Waals surface area (Å²) >= 11 is 0. The van der Waals surface area contributed by atoms with Crippen LogP contribution in [-0.4, -0.2) is 0 Å². The maximum absolute atomic E-state index is 2.46. The van der Waals surface area contributed by atoms with Gasteiger partial charge in [0, 0.05) is 0 Å². The SMILES string of the molecule is c1ccc2c(c1)ccc1c3ccccc3c(-c3c4ccccc4c(-c4cc5c6ccccc6ccc5c5ccccc45)c4ccccc34)cc21. The lowest BCUT2D eigenvalue weighted by molar-refractivity contribution is 1.71. The highest BCUT2D eigenvalue weighted by Crippen LogP contribution is 2.49. The van der Waals surface area contributed by atoms with Crippen LogP contribution in [0.5, 0.6) is 0 Å². The zero-order valence-electron chi connectivity index (χ0n) is 27.3. The molecule has 50 heavy (non-hydrogen) atoms. The molecule has 0 bridgehead atoms. The Hall–Kier alpha value is -6.50. The van der Waals surface area contributed by atoms with Gasteiger partial charge < -0.3 is 0 Å². The van der Waals surface area contributed by atoms with E-state index in [1.165, 1.54) is 108 Å². The maximum atomic E-state index is 2.46. The average Bonchev–Trinajstić information content (AvgIpc) is 3.19. The van der Waals surface area contributed by atoms with Crippen molar-refractivity contribution in [2.45, 2.75) is 0 Å². The number of benzene rings is 11. The van der Waals surface area contributed by atoms with Crippen LogP contribution in [0.4, 0.5) is 0 Å². The smallest absolute Gasteiger partial charge is 0.00199 e. The quantitative estimate of drug-likeness (QED) is 0.132. The monoisotopic (exact) mass is 630 g/mol. The molecule has 0 heteroatoms. The van der Waals surface area contributed by atoms with E-state index in [0.29, 0.717) is 0 Å². The van der Waals surface area contributed by atoms with Gasteiger partial charge in [-0.25, -0.2) is 0 Å². The van der Waals surface area contributed by atoms with Crippen molar-refractivity contribution in [3.8, 4) is 22.3 Å². The summed E-state index contributed by atoms with van der Waals surface area (Å²) in [5, 5.41) is 20.5. The molecule has 0 aliphatic carbocycles. The van der Waals surface area contributed by atoms with Crippen molar-refractivity contribution in [1.82, 2.24) is 0 Å². The molecule has 230 valence electrons. The lowest BCUT2D eigenvalue weighted by Crippen LogP contribution is -1.93. The second-order valence-electron chi connectivity index (χ2n) is 13.5. The Kier molecular flexibility index (Phi) is 5.76. The highest BCUT2D eigenvalue weighted by molar-refractivity contribution is 6.30. The molecule has 0 radical (unpaired) electrons. The third-order valence-corrected chi connectivity index (χ3v) is 11.0. The largest absolute Gasteiger partial charge is 0.0616 e. The zero-order valence-corrected chi connectivity index (χ0v) is 27.3. The van der Waals surface area contributed by atoms with Crippen LogP contribution in [0.15, 0.2) is 182 Å². The Balaban J connectivity index is 1.33. The Labute approximate surface area is 289 Å². The summed E-state index contributed by atoms with van der Waals surface area (Å²) in [4.78, 5) is 0. The predicted molar refractivity (Wildman–Crippen MR) is 217 cm³/mol. The summed E-state index contributed by atoms with van der Waals surface area (Å²) in [6.07, 6.45) is 0. The fourth-order valence-electron chi connectivity index (χ4n) is 8.84. The van der Waals surface area contributed by atoms with Crippen LogP contribution < -0.4 is 0 Å². The van der Waals surface area contributed by atoms with Crippen LogP contribution in [0.25, 0.3) is 108 Å². The van der Waals surface area contributed by atoms with E-state index < -0.39 is 0 Å². The van der Waals surface area contributed by atoms with Gasteiger partial charge in [-0.1, -0.05) is 170 Å². The van der Waals surface area contributed by atoms with Crippen LogP contribution in [0, 0.1) is 0 Å². The third-order valence-electron chi connectivity index (χ3n) is 11.0. The van der Waals surface area contributed by atoms with Crippen molar-refractivity contribution in [3.05, 3.63) is 182 Å². The minimum absolute atomic E-state index is 1.27. The van der Waals surface area contributed by atoms with Crippen molar-refractivity contribution in [3.63, 3.8) is 0 Å². The highest BCUT2D eigenvalue weighted by Gasteiger charge is 2.21. The molecule has 0 fully saturated rings. The Bertz CT molecular complexity index is 2930. The van der Waals surface area contributed by atoms with Gasteiger partial charge in [0.05, 0.1) is 0 Å². The van der Waals surface area contributed by atoms with E-state index in [1.807, 2.05) is 0 Å². The molecule has 11 rings (SSSR count). The topological polar surface area (TPSA) is 0 Å². The second-order valence-corrected chi connectivity index (χ2v) is 13.5. The fraction of sp³-hybridized carbons (Fsp3) is 0. The molecule has 11 aromatic carbocycles. The van der Waals surface area contributed by atoms with Crippen LogP contribution >= 0.6 is 0 Å². The molecule has 0 aromatic heterocycles. The molecule has 0 aliphatic rings. The molecule has 0 aliphatic heterocycles. The molecule has 11 aromatic rings. The van der Waals surface area contributed by atoms with Crippen LogP contribution in [0.1, 0.15) is 0 Å². The van der Waals surface area contributed by atoms with E-state index in [1.54, 1.807) is 0 Å². The van der Waals surface area contributed by atoms with Crippen LogP contribution in [-0.2, 0) is 0 Å². The number of fused-ring (bicyclic) bond motifs is 12. The molecule has 0 saturated carbocycles. The normalized spacial score (nSPS) is 12.0. The van der Waals surface area contributed by atoms with Gasteiger partial charge >= 0.3 is 0 Å². The molecule has 0 spiro atoms. The molecule has 0 N–H and O–H groups in total. The van der Waals surface area contributed by atoms with Crippen molar-refractivity contribution < 1.29 is 0 Å². The molecule has 0 amide bonds. The minimum atomic E-state index is 1.27. The van der Waals surface area contributed by atoms with Gasteiger partial charge in [-0.2, -0.15) is 0 Å². The summed E-state index contributed by atoms with van der Waals surface area (Å²) in [5.41, 5.74) is 5.14. The van der Waals surface area contributed by atoms with Crippen molar-refractivity contribution in [2.24, 2.45) is 0 Å². The molecular formula is C50H30. The first-order valence-electron chi connectivity index (χ1n) is 17.4. The molecular weight excluding hydrogens is 601 g/mol. The summed E-state index contributed by atoms with van der Waals surface area (Å²) in [5.74, 6) is 0. The lowest BCUT2D eigenvalue weighted by atomic mass is 9.82. The van der Waals surface area contributed by atoms with Crippen molar-refractivity contribution >= 4 is 86.2 Å². The van der Waals surface area contributed by atoms with Gasteiger partial charge in [-0.05, 0) is 121 Å². The summed E-state index contributed by atoms with van der Waals surface area (Å²) in [7, 11) is 0. The zero-order chi connectivity index (χ0) is 32.8. The van der Waals surface area contributed by atoms with Crippen LogP contribution in [0.3, 0.4) is 0 Å². The Morgan fingerprint density at radius 3 is 0.840 bits per heavy atom. The van der Waals surface area contributed by atoms with E-state index >= 15 is 0 Å². The summed E-state index contributed by atoms with van der Waals surface area (Å²) < 4.78 is 0. The molecule has 0 nitrogen and oxygen atoms in total. The fourth-order valence-corrected chi connectivity index (χ4v) is 8.84. The average molecular weight is 631 g/mol. The second kappa shape index (κ2) is 10.5. The first kappa shape index (κ1) is 27.5. The van der Waals surface area contributed by atoms with Crippen LogP contribution in [0.2, 0.25) is 0 Å².